The molecular formula is C24H35F3N4O3. The molecule has 10 heteroatoms. The third kappa shape index (κ3) is 7.16. The van der Waals surface area contributed by atoms with Crippen molar-refractivity contribution in [2.24, 2.45) is 0 Å². The van der Waals surface area contributed by atoms with Crippen LogP contribution in [0.5, 0.6) is 0 Å². The molecule has 0 atom stereocenters. The first kappa shape index (κ1) is 26.4. The number of amides is 2. The zero-order valence-corrected chi connectivity index (χ0v) is 19.8. The van der Waals surface area contributed by atoms with E-state index in [0.717, 1.165) is 44.8 Å². The van der Waals surface area contributed by atoms with Crippen LogP contribution in [0.3, 0.4) is 0 Å². The van der Waals surface area contributed by atoms with Gasteiger partial charge in [0.2, 0.25) is 11.8 Å². The fraction of sp³-hybridized carbons (Fsp3) is 0.667. The molecule has 0 unspecified atom stereocenters. The van der Waals surface area contributed by atoms with Crippen LogP contribution < -0.4 is 10.6 Å². The number of likely N-dealkylation sites (N-methyl/N-ethyl adjacent to an activating group) is 1. The van der Waals surface area contributed by atoms with Crippen molar-refractivity contribution in [2.45, 2.75) is 50.7 Å². The molecule has 7 nitrogen and oxygen atoms in total. The Balaban J connectivity index is 1.53. The molecule has 190 valence electrons. The van der Waals surface area contributed by atoms with Gasteiger partial charge in [-0.1, -0.05) is 38.3 Å². The van der Waals surface area contributed by atoms with E-state index >= 15 is 0 Å². The molecule has 1 aromatic rings. The number of anilines is 1. The molecule has 3 rings (SSSR count). The number of carbonyl (C=O) groups is 2. The minimum atomic E-state index is -4.57. The highest BCUT2D eigenvalue weighted by Gasteiger charge is 2.39. The molecule has 34 heavy (non-hydrogen) atoms. The molecule has 2 fully saturated rings. The Morgan fingerprint density at radius 1 is 1.06 bits per heavy atom. The van der Waals surface area contributed by atoms with Crippen molar-refractivity contribution in [3.05, 3.63) is 29.8 Å². The molecule has 1 heterocycles. The van der Waals surface area contributed by atoms with Gasteiger partial charge in [0.1, 0.15) is 0 Å². The summed E-state index contributed by atoms with van der Waals surface area (Å²) < 4.78 is 45.0. The van der Waals surface area contributed by atoms with E-state index in [2.05, 4.69) is 15.5 Å². The van der Waals surface area contributed by atoms with Crippen LogP contribution in [0, 0.1) is 0 Å². The van der Waals surface area contributed by atoms with Crippen molar-refractivity contribution in [1.82, 2.24) is 15.1 Å². The van der Waals surface area contributed by atoms with Crippen molar-refractivity contribution in [3.8, 4) is 0 Å². The molecule has 1 aromatic carbocycles. The van der Waals surface area contributed by atoms with Gasteiger partial charge in [-0.2, -0.15) is 13.2 Å². The Bertz CT molecular complexity index is 822. The SMILES string of the molecule is CCN(CC(=O)NCC1(N2CCOCC2)CCCCC1)CC(=O)Nc1ccccc1C(F)(F)F. The number of benzene rings is 1. The lowest BCUT2D eigenvalue weighted by Crippen LogP contribution is -2.60. The molecule has 2 N–H and O–H groups in total. The Morgan fingerprint density at radius 2 is 1.71 bits per heavy atom. The number of hydrogen-bond donors (Lipinski definition) is 2. The molecule has 1 aliphatic heterocycles. The van der Waals surface area contributed by atoms with Crippen LogP contribution >= 0.6 is 0 Å². The number of carbonyl (C=O) groups excluding carboxylic acids is 2. The monoisotopic (exact) mass is 484 g/mol. The molecular weight excluding hydrogens is 449 g/mol. The summed E-state index contributed by atoms with van der Waals surface area (Å²) in [7, 11) is 0. The number of morpholine rings is 1. The Labute approximate surface area is 199 Å². The standard InChI is InChI=1S/C24H35F3N4O3/c1-2-30(17-22(33)29-20-9-5-4-8-19(20)24(25,26)27)16-21(32)28-18-23(10-6-3-7-11-23)31-12-14-34-15-13-31/h4-5,8-9H,2-3,6-7,10-18H2,1H3,(H,28,32)(H,29,33). The summed E-state index contributed by atoms with van der Waals surface area (Å²) in [5, 5.41) is 5.40. The Kier molecular flexibility index (Phi) is 9.32. The van der Waals surface area contributed by atoms with Gasteiger partial charge in [-0.05, 0) is 31.5 Å². The number of nitrogens with one attached hydrogen (secondary N) is 2. The van der Waals surface area contributed by atoms with Gasteiger partial charge in [0.15, 0.2) is 0 Å². The van der Waals surface area contributed by atoms with Gasteiger partial charge >= 0.3 is 6.18 Å². The first-order valence-electron chi connectivity index (χ1n) is 12.0. The highest BCUT2D eigenvalue weighted by atomic mass is 19.4. The van der Waals surface area contributed by atoms with Crippen LogP contribution in [-0.2, 0) is 20.5 Å². The largest absolute Gasteiger partial charge is 0.418 e. The van der Waals surface area contributed by atoms with E-state index in [1.54, 1.807) is 11.8 Å². The second-order valence-corrected chi connectivity index (χ2v) is 9.06. The molecule has 1 aliphatic carbocycles. The summed E-state index contributed by atoms with van der Waals surface area (Å²) in [6.07, 6.45) is 0.972. The Morgan fingerprint density at radius 3 is 2.35 bits per heavy atom. The van der Waals surface area contributed by atoms with E-state index in [-0.39, 0.29) is 30.2 Å². The third-order valence-electron chi connectivity index (χ3n) is 6.77. The number of ether oxygens (including phenoxy) is 1. The number of para-hydroxylation sites is 1. The normalized spacial score (nSPS) is 19.1. The number of rotatable bonds is 9. The predicted molar refractivity (Wildman–Crippen MR) is 123 cm³/mol. The zero-order chi connectivity index (χ0) is 24.6. The lowest BCUT2D eigenvalue weighted by atomic mass is 9.79. The second-order valence-electron chi connectivity index (χ2n) is 9.06. The van der Waals surface area contributed by atoms with Crippen LogP contribution in [0.1, 0.15) is 44.6 Å². The number of alkyl halides is 3. The summed E-state index contributed by atoms with van der Waals surface area (Å²) in [6, 6.07) is 4.86. The zero-order valence-electron chi connectivity index (χ0n) is 19.8. The first-order chi connectivity index (χ1) is 16.2. The van der Waals surface area contributed by atoms with Gasteiger partial charge in [-0.15, -0.1) is 0 Å². The van der Waals surface area contributed by atoms with Gasteiger partial charge < -0.3 is 15.4 Å². The van der Waals surface area contributed by atoms with Gasteiger partial charge in [0.25, 0.3) is 0 Å². The maximum absolute atomic E-state index is 13.2. The lowest BCUT2D eigenvalue weighted by molar-refractivity contribution is -0.137. The molecule has 0 radical (unpaired) electrons. The van der Waals surface area contributed by atoms with E-state index in [0.29, 0.717) is 26.3 Å². The number of nitrogens with zero attached hydrogens (tertiary/aromatic N) is 2. The van der Waals surface area contributed by atoms with Crippen molar-refractivity contribution >= 4 is 17.5 Å². The molecule has 2 amide bonds. The fourth-order valence-electron chi connectivity index (χ4n) is 4.89. The summed E-state index contributed by atoms with van der Waals surface area (Å²) in [5.41, 5.74) is -1.25. The van der Waals surface area contributed by atoms with Gasteiger partial charge in [-0.3, -0.25) is 19.4 Å². The van der Waals surface area contributed by atoms with Gasteiger partial charge in [0.05, 0.1) is 37.6 Å². The third-order valence-corrected chi connectivity index (χ3v) is 6.77. The van der Waals surface area contributed by atoms with E-state index in [1.807, 2.05) is 0 Å². The van der Waals surface area contributed by atoms with E-state index in [1.165, 1.54) is 24.6 Å². The maximum atomic E-state index is 13.2. The molecule has 0 spiro atoms. The molecule has 2 aliphatic rings. The maximum Gasteiger partial charge on any atom is 0.418 e. The van der Waals surface area contributed by atoms with Crippen LogP contribution in [0.4, 0.5) is 18.9 Å². The first-order valence-corrected chi connectivity index (χ1v) is 12.0. The van der Waals surface area contributed by atoms with Crippen molar-refractivity contribution in [3.63, 3.8) is 0 Å². The summed E-state index contributed by atoms with van der Waals surface area (Å²) in [4.78, 5) is 29.2. The quantitative estimate of drug-likeness (QED) is 0.564. The topological polar surface area (TPSA) is 73.9 Å². The van der Waals surface area contributed by atoms with Crippen LogP contribution in [0.25, 0.3) is 0 Å². The fourth-order valence-corrected chi connectivity index (χ4v) is 4.89. The smallest absolute Gasteiger partial charge is 0.379 e. The number of halogens is 3. The van der Waals surface area contributed by atoms with Crippen molar-refractivity contribution in [1.29, 1.82) is 0 Å². The minimum absolute atomic E-state index is 0.00400. The average Bonchev–Trinajstić information content (AvgIpc) is 2.83. The summed E-state index contributed by atoms with van der Waals surface area (Å²) in [6.45, 7) is 5.71. The predicted octanol–water partition coefficient (Wildman–Crippen LogP) is 3.12. The average molecular weight is 485 g/mol. The highest BCUT2D eigenvalue weighted by molar-refractivity contribution is 5.93. The van der Waals surface area contributed by atoms with Gasteiger partial charge in [-0.25, -0.2) is 0 Å². The Hall–Kier alpha value is -2.17. The molecule has 1 saturated carbocycles. The molecule has 0 aromatic heterocycles. The lowest BCUT2D eigenvalue weighted by Gasteiger charge is -2.48. The summed E-state index contributed by atoms with van der Waals surface area (Å²) in [5.74, 6) is -0.785. The van der Waals surface area contributed by atoms with E-state index in [4.69, 9.17) is 4.74 Å². The van der Waals surface area contributed by atoms with Crippen LogP contribution in [-0.4, -0.2) is 79.6 Å². The highest BCUT2D eigenvalue weighted by Crippen LogP contribution is 2.35. The van der Waals surface area contributed by atoms with Crippen LogP contribution in [0.2, 0.25) is 0 Å². The number of hydrogen-bond acceptors (Lipinski definition) is 5. The second kappa shape index (κ2) is 12.0. The molecule has 1 saturated heterocycles. The van der Waals surface area contributed by atoms with Crippen molar-refractivity contribution < 1.29 is 27.5 Å². The van der Waals surface area contributed by atoms with E-state index in [9.17, 15) is 22.8 Å². The summed E-state index contributed by atoms with van der Waals surface area (Å²) >= 11 is 0. The van der Waals surface area contributed by atoms with Gasteiger partial charge in [0, 0.05) is 25.2 Å². The van der Waals surface area contributed by atoms with E-state index < -0.39 is 17.6 Å². The van der Waals surface area contributed by atoms with Crippen LogP contribution in [0.15, 0.2) is 24.3 Å². The van der Waals surface area contributed by atoms with Crippen molar-refractivity contribution in [2.75, 3.05) is 57.8 Å². The minimum Gasteiger partial charge on any atom is -0.379 e. The molecule has 0 bridgehead atoms.